The normalized spacial score (nSPS) is 23.2. The van der Waals surface area contributed by atoms with Crippen LogP contribution in [0.15, 0.2) is 24.3 Å². The zero-order valence-corrected chi connectivity index (χ0v) is 11.0. The van der Waals surface area contributed by atoms with E-state index in [2.05, 4.69) is 5.32 Å². The highest BCUT2D eigenvalue weighted by Crippen LogP contribution is 2.28. The maximum absolute atomic E-state index is 10.9. The summed E-state index contributed by atoms with van der Waals surface area (Å²) in [6.07, 6.45) is 3.58. The molecule has 0 bridgehead atoms. The molecule has 1 aliphatic rings. The average molecular weight is 263 g/mol. The first kappa shape index (κ1) is 13.9. The van der Waals surface area contributed by atoms with Crippen LogP contribution in [0.4, 0.5) is 0 Å². The number of carboxylic acid groups (broad SMARTS) is 1. The van der Waals surface area contributed by atoms with Crippen molar-refractivity contribution < 1.29 is 15.0 Å². The van der Waals surface area contributed by atoms with Crippen molar-refractivity contribution in [2.75, 3.05) is 6.54 Å². The number of hydrogen-bond acceptors (Lipinski definition) is 3. The summed E-state index contributed by atoms with van der Waals surface area (Å²) >= 11 is 0. The van der Waals surface area contributed by atoms with Gasteiger partial charge in [0.15, 0.2) is 0 Å². The molecular formula is C15H21NO3. The molecule has 0 spiro atoms. The van der Waals surface area contributed by atoms with E-state index in [-0.39, 0.29) is 5.92 Å². The average Bonchev–Trinajstić information content (AvgIpc) is 2.39. The topological polar surface area (TPSA) is 69.6 Å². The van der Waals surface area contributed by atoms with Crippen molar-refractivity contribution in [1.82, 2.24) is 5.32 Å². The van der Waals surface area contributed by atoms with Crippen LogP contribution in [-0.4, -0.2) is 22.7 Å². The van der Waals surface area contributed by atoms with Gasteiger partial charge in [-0.15, -0.1) is 0 Å². The molecule has 0 atom stereocenters. The fourth-order valence-corrected chi connectivity index (χ4v) is 2.70. The van der Waals surface area contributed by atoms with Crippen LogP contribution in [0.2, 0.25) is 0 Å². The largest absolute Gasteiger partial charge is 0.508 e. The molecule has 1 aliphatic carbocycles. The molecule has 0 aromatic heterocycles. The molecule has 1 fully saturated rings. The van der Waals surface area contributed by atoms with E-state index in [1.807, 2.05) is 12.1 Å². The van der Waals surface area contributed by atoms with Crippen molar-refractivity contribution in [2.24, 2.45) is 11.8 Å². The maximum Gasteiger partial charge on any atom is 0.306 e. The van der Waals surface area contributed by atoms with Crippen molar-refractivity contribution in [3.8, 4) is 5.75 Å². The predicted octanol–water partition coefficient (Wildman–Crippen LogP) is 2.37. The number of aromatic hydroxyl groups is 1. The Morgan fingerprint density at radius 3 is 2.63 bits per heavy atom. The summed E-state index contributed by atoms with van der Waals surface area (Å²) in [5.74, 6) is 0.0858. The molecule has 19 heavy (non-hydrogen) atoms. The number of rotatable bonds is 5. The molecule has 2 rings (SSSR count). The summed E-state index contributed by atoms with van der Waals surface area (Å²) in [6, 6.07) is 7.24. The monoisotopic (exact) mass is 263 g/mol. The van der Waals surface area contributed by atoms with Crippen LogP contribution in [0.1, 0.15) is 31.2 Å². The minimum atomic E-state index is -0.647. The highest BCUT2D eigenvalue weighted by atomic mass is 16.4. The number of carbonyl (C=O) groups is 1. The van der Waals surface area contributed by atoms with Crippen LogP contribution in [0, 0.1) is 11.8 Å². The van der Waals surface area contributed by atoms with E-state index in [0.29, 0.717) is 11.7 Å². The van der Waals surface area contributed by atoms with Gasteiger partial charge >= 0.3 is 5.97 Å². The molecule has 1 aromatic rings. The molecule has 4 nitrogen and oxygen atoms in total. The van der Waals surface area contributed by atoms with Gasteiger partial charge in [0.25, 0.3) is 0 Å². The van der Waals surface area contributed by atoms with Crippen molar-refractivity contribution in [1.29, 1.82) is 0 Å². The van der Waals surface area contributed by atoms with Gasteiger partial charge in [-0.2, -0.15) is 0 Å². The minimum absolute atomic E-state index is 0.137. The summed E-state index contributed by atoms with van der Waals surface area (Å²) < 4.78 is 0. The molecule has 0 heterocycles. The van der Waals surface area contributed by atoms with Crippen LogP contribution < -0.4 is 5.32 Å². The molecule has 0 aliphatic heterocycles. The van der Waals surface area contributed by atoms with E-state index < -0.39 is 5.97 Å². The molecule has 0 radical (unpaired) electrons. The molecule has 1 aromatic carbocycles. The maximum atomic E-state index is 10.9. The Balaban J connectivity index is 1.68. The number of phenolic OH excluding ortho intramolecular Hbond substituents is 1. The third-order valence-electron chi connectivity index (χ3n) is 3.87. The number of hydrogen-bond donors (Lipinski definition) is 3. The van der Waals surface area contributed by atoms with Crippen molar-refractivity contribution in [3.63, 3.8) is 0 Å². The van der Waals surface area contributed by atoms with Gasteiger partial charge in [-0.3, -0.25) is 4.79 Å². The first-order chi connectivity index (χ1) is 9.15. The van der Waals surface area contributed by atoms with Gasteiger partial charge in [-0.1, -0.05) is 12.1 Å². The Bertz CT molecular complexity index is 425. The van der Waals surface area contributed by atoms with Gasteiger partial charge in [0.05, 0.1) is 5.92 Å². The predicted molar refractivity (Wildman–Crippen MR) is 72.9 cm³/mol. The number of carboxylic acids is 1. The quantitative estimate of drug-likeness (QED) is 0.763. The Kier molecular flexibility index (Phi) is 4.80. The van der Waals surface area contributed by atoms with Crippen molar-refractivity contribution >= 4 is 5.97 Å². The Labute approximate surface area is 113 Å². The molecule has 1 saturated carbocycles. The van der Waals surface area contributed by atoms with Gasteiger partial charge in [-0.05, 0) is 55.8 Å². The number of phenols is 1. The summed E-state index contributed by atoms with van der Waals surface area (Å²) in [5.41, 5.74) is 1.07. The highest BCUT2D eigenvalue weighted by Gasteiger charge is 2.25. The van der Waals surface area contributed by atoms with Crippen LogP contribution in [0.25, 0.3) is 0 Å². The second-order valence-electron chi connectivity index (χ2n) is 5.36. The van der Waals surface area contributed by atoms with Crippen molar-refractivity contribution in [2.45, 2.75) is 32.2 Å². The standard InChI is InChI=1S/C15H21NO3/c17-14-3-1-2-12(8-14)10-16-9-11-4-6-13(7-5-11)15(18)19/h1-3,8,11,13,16-17H,4-7,9-10H2,(H,18,19). The van der Waals surface area contributed by atoms with Gasteiger partial charge in [0, 0.05) is 6.54 Å². The van der Waals surface area contributed by atoms with Crippen LogP contribution in [0.3, 0.4) is 0 Å². The lowest BCUT2D eigenvalue weighted by molar-refractivity contribution is -0.143. The zero-order chi connectivity index (χ0) is 13.7. The third kappa shape index (κ3) is 4.24. The van der Waals surface area contributed by atoms with Crippen molar-refractivity contribution in [3.05, 3.63) is 29.8 Å². The van der Waals surface area contributed by atoms with E-state index in [4.69, 9.17) is 5.11 Å². The van der Waals surface area contributed by atoms with Crippen LogP contribution in [0.5, 0.6) is 5.75 Å². The molecule has 0 unspecified atom stereocenters. The molecule has 3 N–H and O–H groups in total. The molecule has 0 amide bonds. The summed E-state index contributed by atoms with van der Waals surface area (Å²) in [7, 11) is 0. The van der Waals surface area contributed by atoms with Crippen LogP contribution >= 0.6 is 0 Å². The lowest BCUT2D eigenvalue weighted by Crippen LogP contribution is -2.28. The van der Waals surface area contributed by atoms with Gasteiger partial charge < -0.3 is 15.5 Å². The third-order valence-corrected chi connectivity index (χ3v) is 3.87. The van der Waals surface area contributed by atoms with E-state index in [0.717, 1.165) is 44.3 Å². The molecular weight excluding hydrogens is 242 g/mol. The first-order valence-corrected chi connectivity index (χ1v) is 6.86. The van der Waals surface area contributed by atoms with Crippen LogP contribution in [-0.2, 0) is 11.3 Å². The van der Waals surface area contributed by atoms with E-state index in [1.54, 1.807) is 12.1 Å². The number of nitrogens with one attached hydrogen (secondary N) is 1. The SMILES string of the molecule is O=C(O)C1CCC(CNCc2cccc(O)c2)CC1. The Morgan fingerprint density at radius 2 is 2.00 bits per heavy atom. The summed E-state index contributed by atoms with van der Waals surface area (Å²) in [5, 5.41) is 21.7. The summed E-state index contributed by atoms with van der Waals surface area (Å²) in [6.45, 7) is 1.66. The molecule has 4 heteroatoms. The fraction of sp³-hybridized carbons (Fsp3) is 0.533. The molecule has 0 saturated heterocycles. The smallest absolute Gasteiger partial charge is 0.306 e. The van der Waals surface area contributed by atoms with E-state index in [1.165, 1.54) is 0 Å². The second-order valence-corrected chi connectivity index (χ2v) is 5.36. The molecule has 104 valence electrons. The summed E-state index contributed by atoms with van der Waals surface area (Å²) in [4.78, 5) is 10.9. The minimum Gasteiger partial charge on any atom is -0.508 e. The fourth-order valence-electron chi connectivity index (χ4n) is 2.70. The number of benzene rings is 1. The van der Waals surface area contributed by atoms with E-state index in [9.17, 15) is 9.90 Å². The highest BCUT2D eigenvalue weighted by molar-refractivity contribution is 5.69. The van der Waals surface area contributed by atoms with Gasteiger partial charge in [-0.25, -0.2) is 0 Å². The first-order valence-electron chi connectivity index (χ1n) is 6.86. The second kappa shape index (κ2) is 6.57. The number of aliphatic carboxylic acids is 1. The van der Waals surface area contributed by atoms with Gasteiger partial charge in [0.2, 0.25) is 0 Å². The lowest BCUT2D eigenvalue weighted by Gasteiger charge is -2.26. The van der Waals surface area contributed by atoms with Gasteiger partial charge in [0.1, 0.15) is 5.75 Å². The Morgan fingerprint density at radius 1 is 1.26 bits per heavy atom. The van der Waals surface area contributed by atoms with E-state index >= 15 is 0 Å². The Hall–Kier alpha value is -1.55. The zero-order valence-electron chi connectivity index (χ0n) is 11.0. The lowest BCUT2D eigenvalue weighted by atomic mass is 9.82.